The standard InChI is InChI=1S/C60H70N4/c1-57(2,3)39-23-27-49-43(31-39)44-32-40(58(4,5)6)24-28-50(44)63(49)55-47(35-61)53(37-19-15-13-16-20-37)48(36-62)56(54(55)38-21-17-14-18-22-38)64-51-29-25-41(59(7,8)9)33-45(51)46-34-42(60(10,11)12)26-30-52(46)64/h23-34,37-38H,13-22H2,1-12H3. The Kier molecular flexibility index (Phi) is 10.8. The van der Waals surface area contributed by atoms with Gasteiger partial charge in [0.2, 0.25) is 0 Å². The van der Waals surface area contributed by atoms with E-state index in [-0.39, 0.29) is 33.5 Å². The molecular weight excluding hydrogens is 777 g/mol. The van der Waals surface area contributed by atoms with E-state index in [9.17, 15) is 10.5 Å². The molecule has 2 aliphatic carbocycles. The molecule has 0 atom stereocenters. The third-order valence-corrected chi connectivity index (χ3v) is 15.2. The van der Waals surface area contributed by atoms with Gasteiger partial charge in [-0.05, 0) is 136 Å². The third-order valence-electron chi connectivity index (χ3n) is 15.2. The highest BCUT2D eigenvalue weighted by atomic mass is 15.0. The van der Waals surface area contributed by atoms with Gasteiger partial charge in [-0.25, -0.2) is 0 Å². The van der Waals surface area contributed by atoms with Crippen molar-refractivity contribution in [3.8, 4) is 23.5 Å². The van der Waals surface area contributed by atoms with Crippen LogP contribution in [0.2, 0.25) is 0 Å². The molecule has 0 N–H and O–H groups in total. The average Bonchev–Trinajstić information content (AvgIpc) is 3.75. The van der Waals surface area contributed by atoms with Crippen molar-refractivity contribution in [2.75, 3.05) is 0 Å². The quantitative estimate of drug-likeness (QED) is 0.177. The van der Waals surface area contributed by atoms with Gasteiger partial charge in [-0.2, -0.15) is 10.5 Å². The Morgan fingerprint density at radius 2 is 0.656 bits per heavy atom. The lowest BCUT2D eigenvalue weighted by atomic mass is 9.74. The average molecular weight is 847 g/mol. The lowest BCUT2D eigenvalue weighted by Crippen LogP contribution is -2.20. The summed E-state index contributed by atoms with van der Waals surface area (Å²) in [6.45, 7) is 27.6. The highest BCUT2D eigenvalue weighted by Crippen LogP contribution is 2.51. The zero-order valence-electron chi connectivity index (χ0n) is 40.9. The molecule has 2 saturated carbocycles. The second-order valence-electron chi connectivity index (χ2n) is 23.8. The van der Waals surface area contributed by atoms with Crippen LogP contribution in [0.15, 0.2) is 72.8 Å². The molecule has 0 aliphatic heterocycles. The van der Waals surface area contributed by atoms with Crippen LogP contribution >= 0.6 is 0 Å². The number of fused-ring (bicyclic) bond motifs is 6. The lowest BCUT2D eigenvalue weighted by molar-refractivity contribution is 0.437. The maximum Gasteiger partial charge on any atom is 0.102 e. The zero-order chi connectivity index (χ0) is 45.7. The van der Waals surface area contributed by atoms with Crippen LogP contribution in [0.25, 0.3) is 55.0 Å². The van der Waals surface area contributed by atoms with Crippen LogP contribution in [0, 0.1) is 22.7 Å². The van der Waals surface area contributed by atoms with Crippen LogP contribution < -0.4 is 0 Å². The first-order valence-corrected chi connectivity index (χ1v) is 24.5. The van der Waals surface area contributed by atoms with Crippen molar-refractivity contribution < 1.29 is 0 Å². The summed E-state index contributed by atoms with van der Waals surface area (Å²) in [5.74, 6) is 0.292. The molecule has 4 heteroatoms. The Morgan fingerprint density at radius 3 is 0.906 bits per heavy atom. The fraction of sp³-hybridized carbons (Fsp3) is 0.467. The summed E-state index contributed by atoms with van der Waals surface area (Å²) in [7, 11) is 0. The van der Waals surface area contributed by atoms with Crippen molar-refractivity contribution >= 4 is 43.6 Å². The lowest BCUT2D eigenvalue weighted by Gasteiger charge is -2.33. The number of hydrogen-bond acceptors (Lipinski definition) is 2. The summed E-state index contributed by atoms with van der Waals surface area (Å²) in [5, 5.41) is 28.7. The van der Waals surface area contributed by atoms with Crippen molar-refractivity contribution in [2.24, 2.45) is 0 Å². The molecule has 0 radical (unpaired) electrons. The van der Waals surface area contributed by atoms with Gasteiger partial charge in [0.15, 0.2) is 0 Å². The monoisotopic (exact) mass is 847 g/mol. The molecule has 2 aromatic heterocycles. The van der Waals surface area contributed by atoms with Crippen LogP contribution in [0.1, 0.15) is 204 Å². The molecule has 7 aromatic rings. The fourth-order valence-electron chi connectivity index (χ4n) is 11.4. The molecule has 2 heterocycles. The Morgan fingerprint density at radius 1 is 0.391 bits per heavy atom. The van der Waals surface area contributed by atoms with E-state index in [1.807, 2.05) is 0 Å². The van der Waals surface area contributed by atoms with Gasteiger partial charge in [-0.3, -0.25) is 0 Å². The number of aromatic nitrogens is 2. The maximum atomic E-state index is 11.9. The molecule has 0 amide bonds. The SMILES string of the molecule is CC(C)(C)c1ccc2c(c1)c1cc(C(C)(C)C)ccc1n2-c1c(C#N)c(C2CCCCC2)c(C#N)c(-n2c3ccc(C(C)(C)C)cc3c3cc(C(C)(C)C)ccc32)c1C1CCCCC1. The van der Waals surface area contributed by atoms with E-state index < -0.39 is 0 Å². The smallest absolute Gasteiger partial charge is 0.102 e. The molecular formula is C60H70N4. The van der Waals surface area contributed by atoms with Gasteiger partial charge in [-0.1, -0.05) is 146 Å². The number of benzene rings is 5. The van der Waals surface area contributed by atoms with E-state index in [4.69, 9.17) is 0 Å². The second kappa shape index (κ2) is 15.7. The Balaban J connectivity index is 1.54. The zero-order valence-corrected chi connectivity index (χ0v) is 40.9. The van der Waals surface area contributed by atoms with Crippen molar-refractivity contribution in [2.45, 2.75) is 181 Å². The topological polar surface area (TPSA) is 57.4 Å². The van der Waals surface area contributed by atoms with Crippen molar-refractivity contribution in [3.05, 3.63) is 117 Å². The molecule has 4 nitrogen and oxygen atoms in total. The second-order valence-corrected chi connectivity index (χ2v) is 23.8. The molecule has 2 fully saturated rings. The molecule has 0 spiro atoms. The first-order valence-electron chi connectivity index (χ1n) is 24.5. The van der Waals surface area contributed by atoms with Gasteiger partial charge in [0, 0.05) is 27.1 Å². The van der Waals surface area contributed by atoms with E-state index in [2.05, 4.69) is 177 Å². The van der Waals surface area contributed by atoms with Crippen LogP contribution in [-0.2, 0) is 21.7 Å². The molecule has 64 heavy (non-hydrogen) atoms. The van der Waals surface area contributed by atoms with Crippen LogP contribution in [-0.4, -0.2) is 9.13 Å². The summed E-state index contributed by atoms with van der Waals surface area (Å²) in [5.41, 5.74) is 15.1. The van der Waals surface area contributed by atoms with E-state index in [1.54, 1.807) is 0 Å². The van der Waals surface area contributed by atoms with E-state index in [0.29, 0.717) is 11.1 Å². The summed E-state index contributed by atoms with van der Waals surface area (Å²) < 4.78 is 4.98. The minimum Gasteiger partial charge on any atom is -0.308 e. The van der Waals surface area contributed by atoms with E-state index in [0.717, 1.165) is 90.4 Å². The molecule has 0 bridgehead atoms. The Bertz CT molecular complexity index is 2720. The van der Waals surface area contributed by atoms with Crippen molar-refractivity contribution in [3.63, 3.8) is 0 Å². The molecule has 330 valence electrons. The predicted octanol–water partition coefficient (Wildman–Crippen LogP) is 16.9. The Labute approximate surface area is 383 Å². The summed E-state index contributed by atoms with van der Waals surface area (Å²) in [6, 6.07) is 34.1. The largest absolute Gasteiger partial charge is 0.308 e. The first kappa shape index (κ1) is 43.9. The van der Waals surface area contributed by atoms with Crippen LogP contribution in [0.4, 0.5) is 0 Å². The van der Waals surface area contributed by atoms with Crippen molar-refractivity contribution in [1.82, 2.24) is 9.13 Å². The number of nitrogens with zero attached hydrogens (tertiary/aromatic N) is 4. The molecule has 9 rings (SSSR count). The minimum absolute atomic E-state index is 0.0403. The third kappa shape index (κ3) is 7.34. The molecule has 0 saturated heterocycles. The number of hydrogen-bond donors (Lipinski definition) is 0. The number of rotatable bonds is 4. The first-order chi connectivity index (χ1) is 30.2. The minimum atomic E-state index is -0.0403. The summed E-state index contributed by atoms with van der Waals surface area (Å²) in [4.78, 5) is 0. The molecule has 2 aliphatic rings. The fourth-order valence-corrected chi connectivity index (χ4v) is 11.4. The summed E-state index contributed by atoms with van der Waals surface area (Å²) >= 11 is 0. The normalized spacial score (nSPS) is 16.3. The molecule has 5 aromatic carbocycles. The van der Waals surface area contributed by atoms with Gasteiger partial charge in [0.05, 0.1) is 44.6 Å². The van der Waals surface area contributed by atoms with Crippen LogP contribution in [0.3, 0.4) is 0 Å². The Hall–Kier alpha value is -5.32. The highest BCUT2D eigenvalue weighted by molar-refractivity contribution is 6.12. The van der Waals surface area contributed by atoms with Crippen molar-refractivity contribution in [1.29, 1.82) is 10.5 Å². The van der Waals surface area contributed by atoms with Gasteiger partial charge in [0.1, 0.15) is 12.1 Å². The van der Waals surface area contributed by atoms with Gasteiger partial charge in [-0.15, -0.1) is 0 Å². The maximum absolute atomic E-state index is 11.9. The van der Waals surface area contributed by atoms with Crippen LogP contribution in [0.5, 0.6) is 0 Å². The van der Waals surface area contributed by atoms with Gasteiger partial charge in [0.25, 0.3) is 0 Å². The summed E-state index contributed by atoms with van der Waals surface area (Å²) in [6.07, 6.45) is 10.9. The number of nitriles is 2. The highest BCUT2D eigenvalue weighted by Gasteiger charge is 2.37. The van der Waals surface area contributed by atoms with Gasteiger partial charge >= 0.3 is 0 Å². The van der Waals surface area contributed by atoms with E-state index in [1.165, 1.54) is 62.2 Å². The van der Waals surface area contributed by atoms with Gasteiger partial charge < -0.3 is 9.13 Å². The van der Waals surface area contributed by atoms with E-state index >= 15 is 0 Å². The molecule has 0 unspecified atom stereocenters. The predicted molar refractivity (Wildman–Crippen MR) is 271 cm³/mol.